The van der Waals surface area contributed by atoms with Gasteiger partial charge >= 0.3 is 0 Å². The van der Waals surface area contributed by atoms with Crippen molar-refractivity contribution < 1.29 is 4.39 Å². The van der Waals surface area contributed by atoms with E-state index in [1.807, 2.05) is 0 Å². The van der Waals surface area contributed by atoms with E-state index >= 15 is 0 Å². The summed E-state index contributed by atoms with van der Waals surface area (Å²) in [5.74, 6) is -0.439. The molecule has 0 saturated heterocycles. The molecule has 0 atom stereocenters. The Bertz CT molecular complexity index is 563. The lowest BCUT2D eigenvalue weighted by atomic mass is 10.1. The van der Waals surface area contributed by atoms with Crippen LogP contribution < -0.4 is 0 Å². The Hall–Kier alpha value is -3.15. The zero-order chi connectivity index (χ0) is 13.8. The van der Waals surface area contributed by atoms with Gasteiger partial charge in [0.15, 0.2) is 0 Å². The second kappa shape index (κ2) is 9.10. The van der Waals surface area contributed by atoms with Gasteiger partial charge in [0.1, 0.15) is 29.9 Å². The van der Waals surface area contributed by atoms with Crippen LogP contribution in [-0.4, -0.2) is 0 Å². The largest absolute Gasteiger partial charge is 0.206 e. The summed E-state index contributed by atoms with van der Waals surface area (Å²) in [4.78, 5) is 0. The highest BCUT2D eigenvalue weighted by Gasteiger charge is 1.98. The predicted octanol–water partition coefficient (Wildman–Crippen LogP) is 2.68. The van der Waals surface area contributed by atoms with E-state index in [4.69, 9.17) is 21.0 Å². The molecule has 86 valence electrons. The van der Waals surface area contributed by atoms with E-state index < -0.39 is 5.82 Å². The zero-order valence-corrected chi connectivity index (χ0v) is 9.26. The molecule has 0 aliphatic carbocycles. The first-order valence-electron chi connectivity index (χ1n) is 4.70. The Labute approximate surface area is 104 Å². The van der Waals surface area contributed by atoms with Crippen molar-refractivity contribution >= 4 is 6.08 Å². The molecule has 0 aromatic heterocycles. The molecule has 0 spiro atoms. The Morgan fingerprint density at radius 2 is 1.61 bits per heavy atom. The van der Waals surface area contributed by atoms with Crippen LogP contribution in [0.4, 0.5) is 4.39 Å². The summed E-state index contributed by atoms with van der Waals surface area (Å²) in [6.07, 6.45) is 1.22. The van der Waals surface area contributed by atoms with Crippen molar-refractivity contribution in [1.29, 1.82) is 21.0 Å². The van der Waals surface area contributed by atoms with E-state index in [2.05, 4.69) is 0 Å². The molecule has 0 fully saturated rings. The number of nitrogens with zero attached hydrogens (tertiary/aromatic N) is 4. The second-order valence-corrected chi connectivity index (χ2v) is 2.80. The Kier molecular flexibility index (Phi) is 7.51. The van der Waals surface area contributed by atoms with Crippen LogP contribution >= 0.6 is 0 Å². The van der Waals surface area contributed by atoms with Gasteiger partial charge in [0.2, 0.25) is 0 Å². The van der Waals surface area contributed by atoms with E-state index in [1.54, 1.807) is 36.4 Å². The van der Waals surface area contributed by atoms with Crippen LogP contribution in [0.3, 0.4) is 0 Å². The maximum Gasteiger partial charge on any atom is 0.130 e. The van der Waals surface area contributed by atoms with Gasteiger partial charge in [-0.05, 0) is 12.1 Å². The Balaban J connectivity index is 0.000000494. The quantitative estimate of drug-likeness (QED) is 0.702. The van der Waals surface area contributed by atoms with Crippen LogP contribution in [0.2, 0.25) is 0 Å². The summed E-state index contributed by atoms with van der Waals surface area (Å²) in [6, 6.07) is 12.6. The van der Waals surface area contributed by atoms with Gasteiger partial charge in [0.05, 0.1) is 12.1 Å². The van der Waals surface area contributed by atoms with Crippen molar-refractivity contribution in [2.75, 3.05) is 0 Å². The van der Waals surface area contributed by atoms with Crippen molar-refractivity contribution in [3.05, 3.63) is 41.2 Å². The van der Waals surface area contributed by atoms with Crippen molar-refractivity contribution in [3.8, 4) is 24.3 Å². The summed E-state index contributed by atoms with van der Waals surface area (Å²) in [5, 5.41) is 32.0. The third kappa shape index (κ3) is 5.66. The average molecular weight is 238 g/mol. The van der Waals surface area contributed by atoms with Crippen LogP contribution in [0.1, 0.15) is 12.0 Å². The number of hydrogen-bond donors (Lipinski definition) is 0. The van der Waals surface area contributed by atoms with Gasteiger partial charge in [-0.15, -0.1) is 0 Å². The SMILES string of the molecule is N#CC(C#N)=Cc1ccccc1F.N#CCC#N. The van der Waals surface area contributed by atoms with Gasteiger partial charge in [-0.3, -0.25) is 0 Å². The second-order valence-electron chi connectivity index (χ2n) is 2.80. The van der Waals surface area contributed by atoms with Crippen molar-refractivity contribution in [3.63, 3.8) is 0 Å². The minimum Gasteiger partial charge on any atom is -0.206 e. The Morgan fingerprint density at radius 1 is 1.06 bits per heavy atom. The van der Waals surface area contributed by atoms with Gasteiger partial charge in [-0.2, -0.15) is 21.0 Å². The first-order chi connectivity index (χ1) is 8.69. The van der Waals surface area contributed by atoms with Gasteiger partial charge in [0.25, 0.3) is 0 Å². The maximum atomic E-state index is 13.0. The van der Waals surface area contributed by atoms with Crippen LogP contribution in [0, 0.1) is 51.1 Å². The monoisotopic (exact) mass is 238 g/mol. The molecule has 5 heteroatoms. The number of nitriles is 4. The minimum atomic E-state index is -0.439. The molecule has 0 bridgehead atoms. The van der Waals surface area contributed by atoms with Crippen molar-refractivity contribution in [2.24, 2.45) is 0 Å². The average Bonchev–Trinajstić information content (AvgIpc) is 2.39. The smallest absolute Gasteiger partial charge is 0.130 e. The molecule has 1 rings (SSSR count). The highest BCUT2D eigenvalue weighted by atomic mass is 19.1. The fourth-order valence-corrected chi connectivity index (χ4v) is 0.873. The molecule has 4 nitrogen and oxygen atoms in total. The third-order valence-electron chi connectivity index (χ3n) is 1.60. The van der Waals surface area contributed by atoms with Crippen molar-refractivity contribution in [2.45, 2.75) is 6.42 Å². The number of rotatable bonds is 1. The van der Waals surface area contributed by atoms with Crippen LogP contribution in [0.15, 0.2) is 29.8 Å². The number of hydrogen-bond acceptors (Lipinski definition) is 4. The van der Waals surface area contributed by atoms with Crippen LogP contribution in [-0.2, 0) is 0 Å². The molecule has 18 heavy (non-hydrogen) atoms. The van der Waals surface area contributed by atoms with E-state index in [0.29, 0.717) is 0 Å². The zero-order valence-electron chi connectivity index (χ0n) is 9.26. The maximum absolute atomic E-state index is 13.0. The highest BCUT2D eigenvalue weighted by molar-refractivity contribution is 5.62. The normalized spacial score (nSPS) is 7.17. The molecule has 0 aliphatic rings. The molecule has 1 aromatic rings. The van der Waals surface area contributed by atoms with Gasteiger partial charge in [0, 0.05) is 5.56 Å². The molecule has 0 N–H and O–H groups in total. The molecule has 0 unspecified atom stereocenters. The van der Waals surface area contributed by atoms with E-state index in [0.717, 1.165) is 0 Å². The van der Waals surface area contributed by atoms with E-state index in [1.165, 1.54) is 18.2 Å². The first-order valence-corrected chi connectivity index (χ1v) is 4.70. The standard InChI is InChI=1S/C10H5FN2.C3H2N2/c11-10-4-2-1-3-9(10)5-8(6-12)7-13;4-2-1-3-5/h1-5H;1H2. The van der Waals surface area contributed by atoms with E-state index in [-0.39, 0.29) is 17.6 Å². The van der Waals surface area contributed by atoms with Gasteiger partial charge < -0.3 is 0 Å². The summed E-state index contributed by atoms with van der Waals surface area (Å²) in [6.45, 7) is 0. The molecular weight excluding hydrogens is 231 g/mol. The van der Waals surface area contributed by atoms with Crippen LogP contribution in [0.5, 0.6) is 0 Å². The number of halogens is 1. The third-order valence-corrected chi connectivity index (χ3v) is 1.60. The summed E-state index contributed by atoms with van der Waals surface area (Å²) in [5.41, 5.74) is 0.144. The first kappa shape index (κ1) is 14.8. The van der Waals surface area contributed by atoms with Crippen LogP contribution in [0.25, 0.3) is 6.08 Å². The topological polar surface area (TPSA) is 95.2 Å². The molecule has 0 aliphatic heterocycles. The lowest BCUT2D eigenvalue weighted by molar-refractivity contribution is 0.625. The molecule has 1 aromatic carbocycles. The summed E-state index contributed by atoms with van der Waals surface area (Å²) in [7, 11) is 0. The lowest BCUT2D eigenvalue weighted by Gasteiger charge is -1.93. The summed E-state index contributed by atoms with van der Waals surface area (Å²) < 4.78 is 13.0. The molecule has 0 radical (unpaired) electrons. The highest BCUT2D eigenvalue weighted by Crippen LogP contribution is 2.10. The summed E-state index contributed by atoms with van der Waals surface area (Å²) >= 11 is 0. The number of allylic oxidation sites excluding steroid dienone is 1. The lowest BCUT2D eigenvalue weighted by Crippen LogP contribution is -1.81. The minimum absolute atomic E-state index is 0. The fourth-order valence-electron chi connectivity index (χ4n) is 0.873. The fraction of sp³-hybridized carbons (Fsp3) is 0.0769. The molecule has 0 heterocycles. The molecular formula is C13H7FN4. The molecule has 0 saturated carbocycles. The van der Waals surface area contributed by atoms with Gasteiger partial charge in [-0.25, -0.2) is 4.39 Å². The Morgan fingerprint density at radius 3 is 2.00 bits per heavy atom. The van der Waals surface area contributed by atoms with E-state index in [9.17, 15) is 4.39 Å². The molecule has 0 amide bonds. The number of benzene rings is 1. The van der Waals surface area contributed by atoms with Crippen molar-refractivity contribution in [1.82, 2.24) is 0 Å². The predicted molar refractivity (Wildman–Crippen MR) is 61.4 cm³/mol. The van der Waals surface area contributed by atoms with Gasteiger partial charge in [-0.1, -0.05) is 18.2 Å².